The highest BCUT2D eigenvalue weighted by Crippen LogP contribution is 1.97. The Hall–Kier alpha value is -0.730. The Morgan fingerprint density at radius 2 is 2.50 bits per heavy atom. The van der Waals surface area contributed by atoms with E-state index in [1.54, 1.807) is 7.05 Å². The van der Waals surface area contributed by atoms with Crippen LogP contribution in [-0.4, -0.2) is 38.2 Å². The summed E-state index contributed by atoms with van der Waals surface area (Å²) in [6.07, 6.45) is 0. The van der Waals surface area contributed by atoms with E-state index in [9.17, 15) is 0 Å². The summed E-state index contributed by atoms with van der Waals surface area (Å²) in [7, 11) is 3.70. The molecule has 1 aliphatic heterocycles. The molecule has 0 aliphatic carbocycles. The van der Waals surface area contributed by atoms with Gasteiger partial charge in [-0.15, -0.1) is 0 Å². The Labute approximate surface area is 49.0 Å². The molecule has 1 saturated heterocycles. The van der Waals surface area contributed by atoms with Crippen LogP contribution in [0.1, 0.15) is 0 Å². The van der Waals surface area contributed by atoms with Crippen molar-refractivity contribution in [1.82, 2.24) is 4.90 Å². The summed E-state index contributed by atoms with van der Waals surface area (Å²) in [6.45, 7) is 1.75. The number of hydrogen-bond donors (Lipinski definition) is 0. The average Bonchev–Trinajstić information content (AvgIpc) is 2.14. The van der Waals surface area contributed by atoms with Crippen LogP contribution in [0.4, 0.5) is 0 Å². The first-order valence-corrected chi connectivity index (χ1v) is 2.65. The van der Waals surface area contributed by atoms with Gasteiger partial charge in [-0.1, -0.05) is 0 Å². The minimum atomic E-state index is 0.755. The van der Waals surface area contributed by atoms with Gasteiger partial charge in [0, 0.05) is 14.1 Å². The maximum absolute atomic E-state index is 5.09. The molecule has 1 rings (SSSR count). The maximum Gasteiger partial charge on any atom is 0.286 e. The standard InChI is InChI=1S/C5H10N2O/c1-6-5-7(2)3-4-8-5/h3-4H2,1-2H3/b6-5-. The van der Waals surface area contributed by atoms with Crippen molar-refractivity contribution in [3.63, 3.8) is 0 Å². The van der Waals surface area contributed by atoms with Gasteiger partial charge in [0.25, 0.3) is 6.02 Å². The Bertz CT molecular complexity index is 111. The number of rotatable bonds is 0. The predicted octanol–water partition coefficient (Wildman–Crippen LogP) is -0.0658. The third-order valence-corrected chi connectivity index (χ3v) is 1.18. The highest BCUT2D eigenvalue weighted by molar-refractivity contribution is 5.74. The molecular weight excluding hydrogens is 104 g/mol. The van der Waals surface area contributed by atoms with Gasteiger partial charge < -0.3 is 9.64 Å². The molecule has 1 fully saturated rings. The van der Waals surface area contributed by atoms with Crippen molar-refractivity contribution in [3.8, 4) is 0 Å². The fourth-order valence-electron chi connectivity index (χ4n) is 0.715. The van der Waals surface area contributed by atoms with E-state index in [2.05, 4.69) is 4.99 Å². The van der Waals surface area contributed by atoms with Gasteiger partial charge in [-0.3, -0.25) is 0 Å². The van der Waals surface area contributed by atoms with Crippen molar-refractivity contribution in [3.05, 3.63) is 0 Å². The fraction of sp³-hybridized carbons (Fsp3) is 0.800. The van der Waals surface area contributed by atoms with Crippen LogP contribution < -0.4 is 0 Å². The van der Waals surface area contributed by atoms with Crippen LogP contribution in [0, 0.1) is 0 Å². The van der Waals surface area contributed by atoms with E-state index in [1.807, 2.05) is 11.9 Å². The lowest BCUT2D eigenvalue weighted by Gasteiger charge is -2.04. The number of hydrogen-bond acceptors (Lipinski definition) is 2. The molecule has 0 bridgehead atoms. The number of nitrogens with zero attached hydrogens (tertiary/aromatic N) is 2. The Morgan fingerprint density at radius 3 is 2.75 bits per heavy atom. The van der Waals surface area contributed by atoms with Gasteiger partial charge in [0.05, 0.1) is 6.54 Å². The minimum absolute atomic E-state index is 0.755. The largest absolute Gasteiger partial charge is 0.463 e. The van der Waals surface area contributed by atoms with Gasteiger partial charge in [-0.2, -0.15) is 0 Å². The van der Waals surface area contributed by atoms with E-state index in [4.69, 9.17) is 4.74 Å². The molecule has 0 amide bonds. The lowest BCUT2D eigenvalue weighted by molar-refractivity contribution is 0.351. The summed E-state index contributed by atoms with van der Waals surface area (Å²) in [4.78, 5) is 5.88. The van der Waals surface area contributed by atoms with Crippen molar-refractivity contribution < 1.29 is 4.74 Å². The number of likely N-dealkylation sites (N-methyl/N-ethyl adjacent to an activating group) is 1. The summed E-state index contributed by atoms with van der Waals surface area (Å²) in [5.74, 6) is 0. The molecule has 0 N–H and O–H groups in total. The highest BCUT2D eigenvalue weighted by atomic mass is 16.5. The molecule has 3 nitrogen and oxygen atoms in total. The molecule has 0 aromatic heterocycles. The quantitative estimate of drug-likeness (QED) is 0.440. The monoisotopic (exact) mass is 114 g/mol. The first kappa shape index (κ1) is 5.41. The zero-order valence-corrected chi connectivity index (χ0v) is 5.22. The van der Waals surface area contributed by atoms with E-state index >= 15 is 0 Å². The van der Waals surface area contributed by atoms with Crippen LogP contribution in [0.25, 0.3) is 0 Å². The molecule has 0 unspecified atom stereocenters. The third-order valence-electron chi connectivity index (χ3n) is 1.18. The van der Waals surface area contributed by atoms with Crippen molar-refractivity contribution in [1.29, 1.82) is 0 Å². The molecular formula is C5H10N2O. The van der Waals surface area contributed by atoms with E-state index in [-0.39, 0.29) is 0 Å². The van der Waals surface area contributed by atoms with E-state index < -0.39 is 0 Å². The predicted molar refractivity (Wildman–Crippen MR) is 31.9 cm³/mol. The molecule has 0 radical (unpaired) electrons. The first-order chi connectivity index (χ1) is 3.84. The smallest absolute Gasteiger partial charge is 0.286 e. The SMILES string of the molecule is C/N=C1\OCCN1C. The number of ether oxygens (including phenoxy) is 1. The van der Waals surface area contributed by atoms with Crippen LogP contribution in [0.15, 0.2) is 4.99 Å². The molecule has 1 aliphatic rings. The van der Waals surface area contributed by atoms with Crippen LogP contribution in [0.3, 0.4) is 0 Å². The van der Waals surface area contributed by atoms with E-state index in [0.29, 0.717) is 0 Å². The van der Waals surface area contributed by atoms with Crippen LogP contribution in [0.2, 0.25) is 0 Å². The molecule has 46 valence electrons. The third kappa shape index (κ3) is 0.757. The summed E-state index contributed by atoms with van der Waals surface area (Å²) in [5.41, 5.74) is 0. The minimum Gasteiger partial charge on any atom is -0.463 e. The van der Waals surface area contributed by atoms with Crippen molar-refractivity contribution in [2.24, 2.45) is 4.99 Å². The van der Waals surface area contributed by atoms with Gasteiger partial charge in [-0.25, -0.2) is 4.99 Å². The van der Waals surface area contributed by atoms with E-state index in [0.717, 1.165) is 19.2 Å². The second-order valence-electron chi connectivity index (χ2n) is 1.78. The van der Waals surface area contributed by atoms with Gasteiger partial charge in [0.15, 0.2) is 0 Å². The Balaban J connectivity index is 2.55. The Morgan fingerprint density at radius 1 is 1.75 bits per heavy atom. The number of aliphatic imine (C=N–C) groups is 1. The summed E-state index contributed by atoms with van der Waals surface area (Å²) in [5, 5.41) is 0. The van der Waals surface area contributed by atoms with Crippen molar-refractivity contribution in [2.45, 2.75) is 0 Å². The molecule has 0 spiro atoms. The van der Waals surface area contributed by atoms with Gasteiger partial charge in [0.2, 0.25) is 0 Å². The van der Waals surface area contributed by atoms with Gasteiger partial charge in [0.1, 0.15) is 6.61 Å². The molecule has 8 heavy (non-hydrogen) atoms. The van der Waals surface area contributed by atoms with Crippen molar-refractivity contribution >= 4 is 6.02 Å². The Kier molecular flexibility index (Phi) is 1.37. The second-order valence-corrected chi connectivity index (χ2v) is 1.78. The zero-order chi connectivity index (χ0) is 5.98. The summed E-state index contributed by atoms with van der Waals surface area (Å²) >= 11 is 0. The molecule has 0 aromatic carbocycles. The van der Waals surface area contributed by atoms with Crippen LogP contribution in [0.5, 0.6) is 0 Å². The fourth-order valence-corrected chi connectivity index (χ4v) is 0.715. The van der Waals surface area contributed by atoms with Crippen LogP contribution >= 0.6 is 0 Å². The lowest BCUT2D eigenvalue weighted by atomic mass is 10.7. The molecule has 0 atom stereocenters. The topological polar surface area (TPSA) is 24.8 Å². The second kappa shape index (κ2) is 2.03. The maximum atomic E-state index is 5.09. The van der Waals surface area contributed by atoms with Crippen LogP contribution in [-0.2, 0) is 4.74 Å². The molecule has 3 heteroatoms. The highest BCUT2D eigenvalue weighted by Gasteiger charge is 2.13. The number of amidine groups is 1. The lowest BCUT2D eigenvalue weighted by Crippen LogP contribution is -2.19. The molecule has 0 aromatic rings. The zero-order valence-electron chi connectivity index (χ0n) is 5.22. The normalized spacial score (nSPS) is 24.2. The summed E-state index contributed by atoms with van der Waals surface area (Å²) in [6, 6.07) is 0.755. The van der Waals surface area contributed by atoms with Gasteiger partial charge >= 0.3 is 0 Å². The average molecular weight is 114 g/mol. The van der Waals surface area contributed by atoms with Gasteiger partial charge in [-0.05, 0) is 0 Å². The van der Waals surface area contributed by atoms with Crippen molar-refractivity contribution in [2.75, 3.05) is 27.2 Å². The van der Waals surface area contributed by atoms with E-state index in [1.165, 1.54) is 0 Å². The molecule has 0 saturated carbocycles. The molecule has 1 heterocycles. The first-order valence-electron chi connectivity index (χ1n) is 2.65. The summed E-state index contributed by atoms with van der Waals surface area (Å²) < 4.78 is 5.09.